The lowest BCUT2D eigenvalue weighted by atomic mass is 10.1. The summed E-state index contributed by atoms with van der Waals surface area (Å²) < 4.78 is 0. The third kappa shape index (κ3) is 5.30. The van der Waals surface area contributed by atoms with Gasteiger partial charge in [0.15, 0.2) is 5.96 Å². The van der Waals surface area contributed by atoms with Crippen molar-refractivity contribution in [2.45, 2.75) is 11.4 Å². The van der Waals surface area contributed by atoms with Crippen LogP contribution in [0.5, 0.6) is 0 Å². The predicted molar refractivity (Wildman–Crippen MR) is 128 cm³/mol. The molecule has 6 nitrogen and oxygen atoms in total. The maximum absolute atomic E-state index is 12.4. The fraction of sp³-hybridized carbons (Fsp3) is 0.286. The maximum Gasteiger partial charge on any atom is 0.261 e. The quantitative estimate of drug-likeness (QED) is 0.207. The van der Waals surface area contributed by atoms with Crippen LogP contribution in [0, 0.1) is 0 Å². The molecule has 0 aliphatic carbocycles. The number of aliphatic imine (C=N–C) groups is 1. The number of nitrogens with one attached hydrogen (secondary N) is 1. The van der Waals surface area contributed by atoms with Crippen LogP contribution < -0.4 is 5.32 Å². The zero-order valence-electron chi connectivity index (χ0n) is 16.7. The molecule has 3 rings (SSSR count). The van der Waals surface area contributed by atoms with E-state index < -0.39 is 0 Å². The second-order valence-electron chi connectivity index (χ2n) is 6.49. The summed E-state index contributed by atoms with van der Waals surface area (Å²) in [6, 6.07) is 15.3. The Hall–Kier alpha value is -2.07. The largest absolute Gasteiger partial charge is 0.354 e. The van der Waals surface area contributed by atoms with Crippen LogP contribution in [0.15, 0.2) is 58.4 Å². The molecule has 1 N–H and O–H groups in total. The number of rotatable bonds is 6. The molecule has 29 heavy (non-hydrogen) atoms. The molecule has 1 aliphatic heterocycles. The van der Waals surface area contributed by atoms with Crippen molar-refractivity contribution in [2.75, 3.05) is 33.4 Å². The molecule has 0 saturated heterocycles. The van der Waals surface area contributed by atoms with Crippen molar-refractivity contribution in [2.24, 2.45) is 4.99 Å². The topological polar surface area (TPSA) is 65.0 Å². The van der Waals surface area contributed by atoms with Crippen molar-refractivity contribution in [1.82, 2.24) is 15.1 Å². The molecule has 2 amide bonds. The molecule has 0 unspecified atom stereocenters. The Morgan fingerprint density at radius 2 is 1.66 bits per heavy atom. The minimum Gasteiger partial charge on any atom is -0.354 e. The van der Waals surface area contributed by atoms with Crippen LogP contribution in [0.2, 0.25) is 0 Å². The van der Waals surface area contributed by atoms with E-state index in [1.54, 1.807) is 43.1 Å². The number of imide groups is 1. The standard InChI is InChI=1S/C21H24N4O2S.HI/c1-22-21(24(2)14-15-8-10-16(28-3)11-9-15)23-12-13-25-19(26)17-6-4-5-7-18(17)20(25)27;/h4-11H,12-14H2,1-3H3,(H,22,23);1H. The highest BCUT2D eigenvalue weighted by molar-refractivity contribution is 14.0. The van der Waals surface area contributed by atoms with Crippen LogP contribution in [0.4, 0.5) is 0 Å². The molecular formula is C21H25IN4O2S. The predicted octanol–water partition coefficient (Wildman–Crippen LogP) is 3.33. The lowest BCUT2D eigenvalue weighted by molar-refractivity contribution is 0.0657. The van der Waals surface area contributed by atoms with Gasteiger partial charge in [0.25, 0.3) is 11.8 Å². The first kappa shape index (κ1) is 23.2. The first-order valence-corrected chi connectivity index (χ1v) is 10.3. The van der Waals surface area contributed by atoms with E-state index in [2.05, 4.69) is 40.8 Å². The van der Waals surface area contributed by atoms with E-state index in [9.17, 15) is 9.59 Å². The third-order valence-electron chi connectivity index (χ3n) is 4.65. The van der Waals surface area contributed by atoms with Crippen molar-refractivity contribution in [1.29, 1.82) is 0 Å². The second kappa shape index (κ2) is 10.6. The summed E-state index contributed by atoms with van der Waals surface area (Å²) >= 11 is 1.72. The van der Waals surface area contributed by atoms with Crippen molar-refractivity contribution < 1.29 is 9.59 Å². The van der Waals surface area contributed by atoms with Crippen molar-refractivity contribution in [3.05, 3.63) is 65.2 Å². The van der Waals surface area contributed by atoms with Crippen LogP contribution in [-0.4, -0.2) is 61.0 Å². The fourth-order valence-electron chi connectivity index (χ4n) is 3.19. The normalized spacial score (nSPS) is 13.2. The third-order valence-corrected chi connectivity index (χ3v) is 5.39. The number of hydrogen-bond donors (Lipinski definition) is 1. The molecule has 2 aromatic carbocycles. The van der Waals surface area contributed by atoms with Gasteiger partial charge >= 0.3 is 0 Å². The summed E-state index contributed by atoms with van der Waals surface area (Å²) in [5.74, 6) is 0.241. The fourth-order valence-corrected chi connectivity index (χ4v) is 3.59. The number of hydrogen-bond acceptors (Lipinski definition) is 4. The summed E-state index contributed by atoms with van der Waals surface area (Å²) in [5, 5.41) is 3.23. The first-order chi connectivity index (χ1) is 13.5. The summed E-state index contributed by atoms with van der Waals surface area (Å²) in [4.78, 5) is 33.7. The average Bonchev–Trinajstić information content (AvgIpc) is 2.96. The Kier molecular flexibility index (Phi) is 8.51. The Bertz CT molecular complexity index is 867. The molecule has 2 aromatic rings. The highest BCUT2D eigenvalue weighted by Crippen LogP contribution is 2.21. The number of guanidine groups is 1. The van der Waals surface area contributed by atoms with E-state index in [1.807, 2.05) is 11.9 Å². The number of amides is 2. The molecular weight excluding hydrogens is 499 g/mol. The number of halogens is 1. The molecule has 154 valence electrons. The zero-order valence-corrected chi connectivity index (χ0v) is 19.9. The number of carbonyl (C=O) groups is 2. The summed E-state index contributed by atoms with van der Waals surface area (Å²) in [6.45, 7) is 1.44. The van der Waals surface area contributed by atoms with E-state index in [0.29, 0.717) is 36.7 Å². The van der Waals surface area contributed by atoms with Crippen molar-refractivity contribution >= 4 is 53.5 Å². The minimum atomic E-state index is -0.236. The van der Waals surface area contributed by atoms with Gasteiger partial charge in [0.1, 0.15) is 0 Å². The Morgan fingerprint density at radius 1 is 1.07 bits per heavy atom. The summed E-state index contributed by atoms with van der Waals surface area (Å²) in [5.41, 5.74) is 2.13. The number of benzene rings is 2. The van der Waals surface area contributed by atoms with Crippen LogP contribution in [0.3, 0.4) is 0 Å². The molecule has 1 heterocycles. The molecule has 0 radical (unpaired) electrons. The summed E-state index contributed by atoms with van der Waals surface area (Å²) in [6.07, 6.45) is 2.06. The number of nitrogens with zero attached hydrogens (tertiary/aromatic N) is 3. The molecule has 0 atom stereocenters. The Labute approximate surface area is 192 Å². The Morgan fingerprint density at radius 3 is 2.17 bits per heavy atom. The highest BCUT2D eigenvalue weighted by Gasteiger charge is 2.34. The number of carbonyl (C=O) groups excluding carboxylic acids is 2. The van der Waals surface area contributed by atoms with E-state index in [0.717, 1.165) is 0 Å². The second-order valence-corrected chi connectivity index (χ2v) is 7.37. The van der Waals surface area contributed by atoms with Crippen LogP contribution in [0.25, 0.3) is 0 Å². The van der Waals surface area contributed by atoms with E-state index in [4.69, 9.17) is 0 Å². The maximum atomic E-state index is 12.4. The van der Waals surface area contributed by atoms with Gasteiger partial charge in [0, 0.05) is 38.6 Å². The molecule has 0 spiro atoms. The Balaban J connectivity index is 0.00000300. The average molecular weight is 524 g/mol. The highest BCUT2D eigenvalue weighted by atomic mass is 127. The van der Waals surface area contributed by atoms with Gasteiger partial charge in [-0.3, -0.25) is 19.5 Å². The molecule has 0 bridgehead atoms. The minimum absolute atomic E-state index is 0. The lowest BCUT2D eigenvalue weighted by Crippen LogP contribution is -2.43. The number of fused-ring (bicyclic) bond motifs is 1. The number of thioether (sulfide) groups is 1. The van der Waals surface area contributed by atoms with E-state index in [-0.39, 0.29) is 35.8 Å². The molecule has 0 saturated carbocycles. The summed E-state index contributed by atoms with van der Waals surface area (Å²) in [7, 11) is 3.68. The lowest BCUT2D eigenvalue weighted by Gasteiger charge is -2.23. The SMILES string of the molecule is CN=C(NCCN1C(=O)c2ccccc2C1=O)N(C)Cc1ccc(SC)cc1.I. The van der Waals surface area contributed by atoms with Gasteiger partial charge in [0.2, 0.25) is 0 Å². The van der Waals surface area contributed by atoms with Gasteiger partial charge < -0.3 is 10.2 Å². The molecule has 0 aromatic heterocycles. The first-order valence-electron chi connectivity index (χ1n) is 9.05. The van der Waals surface area contributed by atoms with Gasteiger partial charge in [-0.05, 0) is 36.1 Å². The van der Waals surface area contributed by atoms with Gasteiger partial charge in [-0.25, -0.2) is 0 Å². The van der Waals surface area contributed by atoms with Gasteiger partial charge in [0.05, 0.1) is 11.1 Å². The van der Waals surface area contributed by atoms with Crippen LogP contribution >= 0.6 is 35.7 Å². The van der Waals surface area contributed by atoms with Gasteiger partial charge in [-0.15, -0.1) is 35.7 Å². The van der Waals surface area contributed by atoms with Gasteiger partial charge in [-0.2, -0.15) is 0 Å². The smallest absolute Gasteiger partial charge is 0.261 e. The van der Waals surface area contributed by atoms with Crippen molar-refractivity contribution in [3.63, 3.8) is 0 Å². The molecule has 0 fully saturated rings. The van der Waals surface area contributed by atoms with Gasteiger partial charge in [-0.1, -0.05) is 24.3 Å². The molecule has 1 aliphatic rings. The molecule has 8 heteroatoms. The monoisotopic (exact) mass is 524 g/mol. The van der Waals surface area contributed by atoms with Crippen LogP contribution in [0.1, 0.15) is 26.3 Å². The van der Waals surface area contributed by atoms with Crippen molar-refractivity contribution in [3.8, 4) is 0 Å². The van der Waals surface area contributed by atoms with E-state index in [1.165, 1.54) is 15.4 Å². The zero-order chi connectivity index (χ0) is 20.1. The van der Waals surface area contributed by atoms with Crippen LogP contribution in [-0.2, 0) is 6.54 Å². The van der Waals surface area contributed by atoms with E-state index >= 15 is 0 Å².